The molecule has 2 aromatic rings. The fourth-order valence-corrected chi connectivity index (χ4v) is 2.27. The normalized spacial score (nSPS) is 11.6. The predicted octanol–water partition coefficient (Wildman–Crippen LogP) is 3.47. The molecule has 0 radical (unpaired) electrons. The maximum Gasteiger partial charge on any atom is 0.343 e. The number of ketones is 1. The second-order valence-electron chi connectivity index (χ2n) is 4.98. The van der Waals surface area contributed by atoms with E-state index >= 15 is 0 Å². The third kappa shape index (κ3) is 3.73. The van der Waals surface area contributed by atoms with Crippen molar-refractivity contribution in [3.8, 4) is 0 Å². The van der Waals surface area contributed by atoms with Crippen LogP contribution in [0.3, 0.4) is 0 Å². The number of hydrogen-bond donors (Lipinski definition) is 1. The van der Waals surface area contributed by atoms with Gasteiger partial charge in [-0.2, -0.15) is 0 Å². The van der Waals surface area contributed by atoms with Crippen molar-refractivity contribution in [1.29, 1.82) is 0 Å². The molecule has 118 valence electrons. The van der Waals surface area contributed by atoms with Crippen molar-refractivity contribution < 1.29 is 19.4 Å². The number of carbonyl (C=O) groups excluding carboxylic acids is 2. The van der Waals surface area contributed by atoms with Crippen LogP contribution in [0.4, 0.5) is 0 Å². The third-order valence-corrected chi connectivity index (χ3v) is 3.53. The van der Waals surface area contributed by atoms with Gasteiger partial charge in [0.15, 0.2) is 5.78 Å². The SMILES string of the molecule is C=COC(=O)c1cc(CC)ccc1C(=O)C(O)c1ccccc1. The Morgan fingerprint density at radius 2 is 1.87 bits per heavy atom. The number of hydrogen-bond acceptors (Lipinski definition) is 4. The number of benzene rings is 2. The molecule has 0 amide bonds. The molecule has 4 heteroatoms. The van der Waals surface area contributed by atoms with E-state index in [-0.39, 0.29) is 11.1 Å². The fourth-order valence-electron chi connectivity index (χ4n) is 2.27. The molecule has 0 aliphatic carbocycles. The van der Waals surface area contributed by atoms with Gasteiger partial charge in [0.05, 0.1) is 11.8 Å². The van der Waals surface area contributed by atoms with Crippen LogP contribution in [0.15, 0.2) is 61.4 Å². The van der Waals surface area contributed by atoms with Gasteiger partial charge in [-0.05, 0) is 23.6 Å². The summed E-state index contributed by atoms with van der Waals surface area (Å²) in [6.45, 7) is 5.29. The zero-order valence-corrected chi connectivity index (χ0v) is 12.9. The van der Waals surface area contributed by atoms with Crippen LogP contribution in [0, 0.1) is 0 Å². The van der Waals surface area contributed by atoms with Crippen molar-refractivity contribution in [2.45, 2.75) is 19.4 Å². The lowest BCUT2D eigenvalue weighted by atomic mass is 9.94. The Balaban J connectivity index is 2.43. The van der Waals surface area contributed by atoms with Gasteiger partial charge >= 0.3 is 5.97 Å². The molecule has 0 saturated heterocycles. The Morgan fingerprint density at radius 1 is 1.17 bits per heavy atom. The summed E-state index contributed by atoms with van der Waals surface area (Å²) >= 11 is 0. The lowest BCUT2D eigenvalue weighted by Crippen LogP contribution is -2.17. The summed E-state index contributed by atoms with van der Waals surface area (Å²) in [6.07, 6.45) is 0.395. The molecule has 0 saturated carbocycles. The lowest BCUT2D eigenvalue weighted by Gasteiger charge is -2.13. The first kappa shape index (κ1) is 16.6. The molecular weight excluding hydrogens is 292 g/mol. The molecule has 0 aliphatic heterocycles. The summed E-state index contributed by atoms with van der Waals surface area (Å²) < 4.78 is 4.79. The van der Waals surface area contributed by atoms with Gasteiger partial charge in [0.25, 0.3) is 0 Å². The number of aryl methyl sites for hydroxylation is 1. The number of esters is 1. The van der Waals surface area contributed by atoms with E-state index in [4.69, 9.17) is 4.74 Å². The van der Waals surface area contributed by atoms with Gasteiger partial charge in [0.2, 0.25) is 0 Å². The van der Waals surface area contributed by atoms with Crippen molar-refractivity contribution in [2.75, 3.05) is 0 Å². The molecule has 0 spiro atoms. The largest absolute Gasteiger partial charge is 0.432 e. The number of ether oxygens (including phenoxy) is 1. The van der Waals surface area contributed by atoms with E-state index < -0.39 is 17.9 Å². The first-order chi connectivity index (χ1) is 11.1. The average Bonchev–Trinajstić information content (AvgIpc) is 2.60. The zero-order valence-electron chi connectivity index (χ0n) is 12.9. The van der Waals surface area contributed by atoms with E-state index in [1.165, 1.54) is 0 Å². The maximum absolute atomic E-state index is 12.6. The van der Waals surface area contributed by atoms with Gasteiger partial charge in [-0.15, -0.1) is 0 Å². The van der Waals surface area contributed by atoms with Gasteiger partial charge in [0.1, 0.15) is 6.10 Å². The van der Waals surface area contributed by atoms with E-state index in [0.29, 0.717) is 12.0 Å². The average molecular weight is 310 g/mol. The molecule has 1 N–H and O–H groups in total. The molecule has 0 aromatic heterocycles. The van der Waals surface area contributed by atoms with E-state index in [9.17, 15) is 14.7 Å². The van der Waals surface area contributed by atoms with Gasteiger partial charge in [-0.25, -0.2) is 4.79 Å². The molecule has 0 bridgehead atoms. The fraction of sp³-hybridized carbons (Fsp3) is 0.158. The number of rotatable bonds is 6. The van der Waals surface area contributed by atoms with Crippen molar-refractivity contribution >= 4 is 11.8 Å². The minimum absolute atomic E-state index is 0.129. The van der Waals surface area contributed by atoms with Gasteiger partial charge < -0.3 is 9.84 Å². The second-order valence-corrected chi connectivity index (χ2v) is 4.98. The third-order valence-electron chi connectivity index (χ3n) is 3.53. The first-order valence-corrected chi connectivity index (χ1v) is 7.30. The highest BCUT2D eigenvalue weighted by Crippen LogP contribution is 2.22. The van der Waals surface area contributed by atoms with Crippen LogP contribution in [-0.2, 0) is 11.2 Å². The van der Waals surface area contributed by atoms with Gasteiger partial charge in [0, 0.05) is 5.56 Å². The predicted molar refractivity (Wildman–Crippen MR) is 87.2 cm³/mol. The number of Topliss-reactive ketones (excluding diaryl/α,β-unsaturated/α-hetero) is 1. The Labute approximate surface area is 135 Å². The molecule has 2 rings (SSSR count). The molecular formula is C19H18O4. The summed E-state index contributed by atoms with van der Waals surface area (Å²) in [7, 11) is 0. The molecule has 0 aliphatic rings. The molecule has 4 nitrogen and oxygen atoms in total. The molecule has 23 heavy (non-hydrogen) atoms. The quantitative estimate of drug-likeness (QED) is 0.504. The highest BCUT2D eigenvalue weighted by atomic mass is 16.5. The molecule has 1 atom stereocenters. The monoisotopic (exact) mass is 310 g/mol. The number of carbonyl (C=O) groups is 2. The molecule has 0 fully saturated rings. The minimum Gasteiger partial charge on any atom is -0.432 e. The van der Waals surface area contributed by atoms with Crippen molar-refractivity contribution in [3.05, 3.63) is 83.6 Å². The Morgan fingerprint density at radius 3 is 2.48 bits per heavy atom. The van der Waals surface area contributed by atoms with Crippen LogP contribution < -0.4 is 0 Å². The topological polar surface area (TPSA) is 63.6 Å². The van der Waals surface area contributed by atoms with Crippen LogP contribution in [0.5, 0.6) is 0 Å². The molecule has 2 aromatic carbocycles. The standard InChI is InChI=1S/C19H18O4/c1-3-13-10-11-15(16(12-13)19(22)23-4-2)18(21)17(20)14-8-6-5-7-9-14/h4-12,17,20H,2-3H2,1H3. The molecule has 0 heterocycles. The van der Waals surface area contributed by atoms with Crippen LogP contribution in [-0.4, -0.2) is 16.9 Å². The lowest BCUT2D eigenvalue weighted by molar-refractivity contribution is 0.0649. The summed E-state index contributed by atoms with van der Waals surface area (Å²) in [5.41, 5.74) is 1.63. The van der Waals surface area contributed by atoms with E-state index in [1.807, 2.05) is 6.92 Å². The van der Waals surface area contributed by atoms with Crippen LogP contribution in [0.2, 0.25) is 0 Å². The number of aliphatic hydroxyl groups excluding tert-OH is 1. The first-order valence-electron chi connectivity index (χ1n) is 7.30. The number of aliphatic hydroxyl groups is 1. The van der Waals surface area contributed by atoms with E-state index in [0.717, 1.165) is 11.8 Å². The van der Waals surface area contributed by atoms with Crippen molar-refractivity contribution in [3.63, 3.8) is 0 Å². The highest BCUT2D eigenvalue weighted by Gasteiger charge is 2.25. The van der Waals surface area contributed by atoms with E-state index in [2.05, 4.69) is 6.58 Å². The Hall–Kier alpha value is -2.72. The van der Waals surface area contributed by atoms with E-state index in [1.54, 1.807) is 48.5 Å². The second kappa shape index (κ2) is 7.51. The summed E-state index contributed by atoms with van der Waals surface area (Å²) in [4.78, 5) is 24.7. The molecule has 1 unspecified atom stereocenters. The highest BCUT2D eigenvalue weighted by molar-refractivity contribution is 6.08. The van der Waals surface area contributed by atoms with Crippen molar-refractivity contribution in [1.82, 2.24) is 0 Å². The Bertz CT molecular complexity index is 719. The minimum atomic E-state index is -1.33. The van der Waals surface area contributed by atoms with Crippen LogP contribution in [0.1, 0.15) is 44.9 Å². The zero-order chi connectivity index (χ0) is 16.8. The summed E-state index contributed by atoms with van der Waals surface area (Å²) in [6, 6.07) is 13.5. The maximum atomic E-state index is 12.6. The van der Waals surface area contributed by atoms with Crippen molar-refractivity contribution in [2.24, 2.45) is 0 Å². The summed E-state index contributed by atoms with van der Waals surface area (Å²) in [5, 5.41) is 10.3. The van der Waals surface area contributed by atoms with Gasteiger partial charge in [-0.1, -0.05) is 56.0 Å². The van der Waals surface area contributed by atoms with Gasteiger partial charge in [-0.3, -0.25) is 4.79 Å². The smallest absolute Gasteiger partial charge is 0.343 e. The van der Waals surface area contributed by atoms with Crippen LogP contribution in [0.25, 0.3) is 0 Å². The van der Waals surface area contributed by atoms with Crippen LogP contribution >= 0.6 is 0 Å². The Kier molecular flexibility index (Phi) is 5.44. The summed E-state index contributed by atoms with van der Waals surface area (Å²) in [5.74, 6) is -1.21.